The molecule has 126 valence electrons. The predicted molar refractivity (Wildman–Crippen MR) is 85.3 cm³/mol. The number of likely N-dealkylation sites (tertiary alicyclic amines) is 1. The normalized spacial score (nSPS) is 27.3. The van der Waals surface area contributed by atoms with E-state index in [0.717, 1.165) is 31.4 Å². The maximum absolute atomic E-state index is 13.1. The number of hydrogen-bond donors (Lipinski definition) is 1. The lowest BCUT2D eigenvalue weighted by Crippen LogP contribution is -2.46. The summed E-state index contributed by atoms with van der Waals surface area (Å²) in [7, 11) is 1.75. The molecule has 1 amide bonds. The van der Waals surface area contributed by atoms with Crippen molar-refractivity contribution in [3.05, 3.63) is 17.5 Å². The maximum atomic E-state index is 13.1. The van der Waals surface area contributed by atoms with Gasteiger partial charge in [0.15, 0.2) is 0 Å². The Balaban J connectivity index is 1.93. The topological polar surface area (TPSA) is 75.4 Å². The Hall–Kier alpha value is -1.85. The van der Waals surface area contributed by atoms with E-state index < -0.39 is 12.0 Å². The molecule has 0 spiro atoms. The lowest BCUT2D eigenvalue weighted by molar-refractivity contribution is -0.141. The fourth-order valence-electron chi connectivity index (χ4n) is 4.08. The summed E-state index contributed by atoms with van der Waals surface area (Å²) >= 11 is 0. The van der Waals surface area contributed by atoms with Crippen molar-refractivity contribution in [1.82, 2.24) is 14.7 Å². The third-order valence-electron chi connectivity index (χ3n) is 5.32. The summed E-state index contributed by atoms with van der Waals surface area (Å²) in [6, 6.07) is 1.17. The van der Waals surface area contributed by atoms with Crippen molar-refractivity contribution in [2.45, 2.75) is 64.0 Å². The van der Waals surface area contributed by atoms with E-state index in [0.29, 0.717) is 18.0 Å². The molecule has 23 heavy (non-hydrogen) atoms. The van der Waals surface area contributed by atoms with Gasteiger partial charge in [-0.05, 0) is 37.2 Å². The van der Waals surface area contributed by atoms with Gasteiger partial charge in [0, 0.05) is 13.1 Å². The van der Waals surface area contributed by atoms with E-state index in [2.05, 4.69) is 5.10 Å². The van der Waals surface area contributed by atoms with Gasteiger partial charge in [0.05, 0.1) is 5.69 Å². The summed E-state index contributed by atoms with van der Waals surface area (Å²) in [5.74, 6) is -0.515. The highest BCUT2D eigenvalue weighted by atomic mass is 16.4. The third-order valence-corrected chi connectivity index (χ3v) is 5.32. The lowest BCUT2D eigenvalue weighted by Gasteiger charge is -2.32. The summed E-state index contributed by atoms with van der Waals surface area (Å²) in [5.41, 5.74) is 1.35. The Kier molecular flexibility index (Phi) is 4.17. The van der Waals surface area contributed by atoms with Crippen LogP contribution in [-0.4, -0.2) is 43.7 Å². The smallest absolute Gasteiger partial charge is 0.326 e. The summed E-state index contributed by atoms with van der Waals surface area (Å²) < 4.78 is 1.59. The minimum absolute atomic E-state index is 0.0646. The Morgan fingerprint density at radius 2 is 2.00 bits per heavy atom. The molecule has 2 heterocycles. The molecule has 1 aromatic heterocycles. The van der Waals surface area contributed by atoms with Crippen LogP contribution < -0.4 is 0 Å². The molecule has 1 N–H and O–H groups in total. The number of amides is 1. The Morgan fingerprint density at radius 3 is 2.61 bits per heavy atom. The van der Waals surface area contributed by atoms with E-state index >= 15 is 0 Å². The number of aromatic nitrogens is 2. The number of aliphatic carboxylic acids is 1. The number of rotatable bonds is 3. The molecule has 6 heteroatoms. The molecule has 1 aromatic rings. The molecule has 2 aliphatic rings. The number of carboxylic acid groups (broad SMARTS) is 1. The number of carbonyl (C=O) groups is 2. The van der Waals surface area contributed by atoms with E-state index in [1.807, 2.05) is 19.9 Å². The summed E-state index contributed by atoms with van der Waals surface area (Å²) in [6.45, 7) is 4.06. The van der Waals surface area contributed by atoms with Crippen LogP contribution in [0.15, 0.2) is 6.07 Å². The van der Waals surface area contributed by atoms with Crippen LogP contribution in [0.2, 0.25) is 0 Å². The Labute approximate surface area is 136 Å². The standard InChI is InChI=1S/C17H25N3O3/c1-10(2)12-9-14(19(3)18-12)16(21)20-13-7-5-4-6-11(13)8-15(20)17(22)23/h9-11,13,15H,4-8H2,1-3H3,(H,22,23). The highest BCUT2D eigenvalue weighted by molar-refractivity contribution is 5.96. The predicted octanol–water partition coefficient (Wildman–Crippen LogP) is 2.40. The van der Waals surface area contributed by atoms with E-state index in [1.165, 1.54) is 0 Å². The quantitative estimate of drug-likeness (QED) is 0.928. The summed E-state index contributed by atoms with van der Waals surface area (Å²) in [4.78, 5) is 26.4. The van der Waals surface area contributed by atoms with Gasteiger partial charge >= 0.3 is 5.97 Å². The maximum Gasteiger partial charge on any atom is 0.326 e. The first-order valence-electron chi connectivity index (χ1n) is 8.49. The number of aryl methyl sites for hydroxylation is 1. The molecule has 1 saturated heterocycles. The van der Waals surface area contributed by atoms with Crippen molar-refractivity contribution in [1.29, 1.82) is 0 Å². The molecule has 0 radical (unpaired) electrons. The highest BCUT2D eigenvalue weighted by Gasteiger charge is 2.48. The first-order chi connectivity index (χ1) is 10.9. The van der Waals surface area contributed by atoms with Gasteiger partial charge in [-0.25, -0.2) is 4.79 Å². The van der Waals surface area contributed by atoms with E-state index in [4.69, 9.17) is 0 Å². The minimum Gasteiger partial charge on any atom is -0.480 e. The molecule has 1 saturated carbocycles. The van der Waals surface area contributed by atoms with Crippen LogP contribution in [0.3, 0.4) is 0 Å². The van der Waals surface area contributed by atoms with Crippen LogP contribution in [0.1, 0.15) is 68.1 Å². The average Bonchev–Trinajstić information content (AvgIpc) is 3.07. The van der Waals surface area contributed by atoms with Gasteiger partial charge in [0.2, 0.25) is 0 Å². The fourth-order valence-corrected chi connectivity index (χ4v) is 4.08. The van der Waals surface area contributed by atoms with Gasteiger partial charge in [0.1, 0.15) is 11.7 Å². The van der Waals surface area contributed by atoms with Crippen LogP contribution in [0.5, 0.6) is 0 Å². The van der Waals surface area contributed by atoms with Crippen LogP contribution in [0.25, 0.3) is 0 Å². The zero-order chi connectivity index (χ0) is 16.7. The van der Waals surface area contributed by atoms with Gasteiger partial charge < -0.3 is 10.0 Å². The van der Waals surface area contributed by atoms with Crippen molar-refractivity contribution in [3.8, 4) is 0 Å². The molecular weight excluding hydrogens is 294 g/mol. The number of carbonyl (C=O) groups excluding carboxylic acids is 1. The monoisotopic (exact) mass is 319 g/mol. The number of nitrogens with zero attached hydrogens (tertiary/aromatic N) is 3. The van der Waals surface area contributed by atoms with Gasteiger partial charge in [-0.3, -0.25) is 9.48 Å². The molecular formula is C17H25N3O3. The zero-order valence-electron chi connectivity index (χ0n) is 14.0. The van der Waals surface area contributed by atoms with Crippen molar-refractivity contribution in [2.75, 3.05) is 0 Å². The molecule has 2 fully saturated rings. The molecule has 1 aliphatic carbocycles. The molecule has 3 rings (SSSR count). The van der Waals surface area contributed by atoms with E-state index in [9.17, 15) is 14.7 Å². The SMILES string of the molecule is CC(C)c1cc(C(=O)N2C(C(=O)O)CC3CCCCC32)n(C)n1. The third kappa shape index (κ3) is 2.75. The second-order valence-electron chi connectivity index (χ2n) is 7.15. The van der Waals surface area contributed by atoms with Crippen molar-refractivity contribution in [3.63, 3.8) is 0 Å². The minimum atomic E-state index is -0.890. The van der Waals surface area contributed by atoms with Crippen molar-refractivity contribution < 1.29 is 14.7 Å². The van der Waals surface area contributed by atoms with Crippen LogP contribution in [-0.2, 0) is 11.8 Å². The average molecular weight is 319 g/mol. The van der Waals surface area contributed by atoms with Gasteiger partial charge in [-0.15, -0.1) is 0 Å². The first kappa shape index (κ1) is 16.0. The van der Waals surface area contributed by atoms with E-state index in [1.54, 1.807) is 16.6 Å². The largest absolute Gasteiger partial charge is 0.480 e. The second kappa shape index (κ2) is 5.98. The first-order valence-corrected chi connectivity index (χ1v) is 8.49. The number of fused-ring (bicyclic) bond motifs is 1. The van der Waals surface area contributed by atoms with Gasteiger partial charge in [0.25, 0.3) is 5.91 Å². The fraction of sp³-hybridized carbons (Fsp3) is 0.706. The van der Waals surface area contributed by atoms with Crippen LogP contribution in [0, 0.1) is 5.92 Å². The summed E-state index contributed by atoms with van der Waals surface area (Å²) in [6.07, 6.45) is 4.73. The number of hydrogen-bond acceptors (Lipinski definition) is 3. The van der Waals surface area contributed by atoms with Crippen LogP contribution in [0.4, 0.5) is 0 Å². The lowest BCUT2D eigenvalue weighted by atomic mass is 9.84. The second-order valence-corrected chi connectivity index (χ2v) is 7.15. The van der Waals surface area contributed by atoms with E-state index in [-0.39, 0.29) is 17.9 Å². The van der Waals surface area contributed by atoms with Crippen LogP contribution >= 0.6 is 0 Å². The zero-order valence-corrected chi connectivity index (χ0v) is 14.0. The molecule has 0 aromatic carbocycles. The van der Waals surface area contributed by atoms with Gasteiger partial charge in [-0.1, -0.05) is 26.7 Å². The molecule has 6 nitrogen and oxygen atoms in total. The highest BCUT2D eigenvalue weighted by Crippen LogP contribution is 2.40. The van der Waals surface area contributed by atoms with Gasteiger partial charge in [-0.2, -0.15) is 5.10 Å². The molecule has 3 atom stereocenters. The molecule has 0 bridgehead atoms. The summed E-state index contributed by atoms with van der Waals surface area (Å²) in [5, 5.41) is 14.0. The van der Waals surface area contributed by atoms with Crippen molar-refractivity contribution in [2.24, 2.45) is 13.0 Å². The molecule has 1 aliphatic heterocycles. The number of carboxylic acids is 1. The Bertz CT molecular complexity index is 623. The molecule has 3 unspecified atom stereocenters. The Morgan fingerprint density at radius 1 is 1.30 bits per heavy atom. The van der Waals surface area contributed by atoms with Crippen molar-refractivity contribution >= 4 is 11.9 Å².